The van der Waals surface area contributed by atoms with Gasteiger partial charge in [0.2, 0.25) is 0 Å². The highest BCUT2D eigenvalue weighted by atomic mass is 35.5. The van der Waals surface area contributed by atoms with Gasteiger partial charge in [0.1, 0.15) is 0 Å². The van der Waals surface area contributed by atoms with Crippen molar-refractivity contribution >= 4 is 17.3 Å². The van der Waals surface area contributed by atoms with Crippen molar-refractivity contribution in [1.82, 2.24) is 5.32 Å². The van der Waals surface area contributed by atoms with Crippen molar-refractivity contribution in [2.24, 2.45) is 10.9 Å². The Kier molecular flexibility index (Phi) is 4.19. The fraction of sp³-hybridized carbons (Fsp3) is 0.500. The van der Waals surface area contributed by atoms with Gasteiger partial charge < -0.3 is 5.32 Å². The zero-order valence-electron chi connectivity index (χ0n) is 10.5. The fourth-order valence-corrected chi connectivity index (χ4v) is 2.79. The summed E-state index contributed by atoms with van der Waals surface area (Å²) in [6, 6.07) is 0. The summed E-state index contributed by atoms with van der Waals surface area (Å²) in [7, 11) is 1.84. The Morgan fingerprint density at radius 1 is 1.35 bits per heavy atom. The average Bonchev–Trinajstić information content (AvgIpc) is 2.39. The lowest BCUT2D eigenvalue weighted by atomic mass is 9.85. The zero-order chi connectivity index (χ0) is 12.3. The summed E-state index contributed by atoms with van der Waals surface area (Å²) < 4.78 is 0. The summed E-state index contributed by atoms with van der Waals surface area (Å²) in [5, 5.41) is 4.27. The number of aliphatic imine (C=N–C) groups is 1. The Balaban J connectivity index is 2.28. The number of nitrogens with zero attached hydrogens (tertiary/aromatic N) is 1. The summed E-state index contributed by atoms with van der Waals surface area (Å²) in [5.41, 5.74) is 3.43. The molecule has 1 aliphatic carbocycles. The first kappa shape index (κ1) is 12.6. The highest BCUT2D eigenvalue weighted by Gasteiger charge is 2.23. The van der Waals surface area contributed by atoms with E-state index in [1.165, 1.54) is 5.57 Å². The van der Waals surface area contributed by atoms with E-state index >= 15 is 0 Å². The summed E-state index contributed by atoms with van der Waals surface area (Å²) in [6.07, 6.45) is 8.59. The maximum atomic E-state index is 6.39. The molecule has 0 bridgehead atoms. The first-order valence-electron chi connectivity index (χ1n) is 6.19. The van der Waals surface area contributed by atoms with Crippen LogP contribution in [-0.2, 0) is 0 Å². The molecule has 1 heterocycles. The number of hydrogen-bond donors (Lipinski definition) is 1. The molecule has 0 aromatic heterocycles. The molecule has 0 radical (unpaired) electrons. The fourth-order valence-electron chi connectivity index (χ4n) is 2.46. The SMILES string of the molecule is C/C=C1/C=C(Cl)C(C2CCNCC2)=CC1=NC. The Morgan fingerprint density at radius 2 is 2.06 bits per heavy atom. The van der Waals surface area contributed by atoms with Crippen molar-refractivity contribution in [2.75, 3.05) is 20.1 Å². The molecule has 2 nitrogen and oxygen atoms in total. The molecule has 0 spiro atoms. The molecule has 17 heavy (non-hydrogen) atoms. The van der Waals surface area contributed by atoms with Gasteiger partial charge in [-0.15, -0.1) is 0 Å². The molecule has 0 amide bonds. The smallest absolute Gasteiger partial charge is 0.0643 e. The third-order valence-corrected chi connectivity index (χ3v) is 3.80. The molecule has 3 heteroatoms. The van der Waals surface area contributed by atoms with Crippen LogP contribution >= 0.6 is 11.6 Å². The number of hydrogen-bond acceptors (Lipinski definition) is 2. The Hall–Kier alpha value is -0.860. The molecule has 1 fully saturated rings. The molecule has 1 N–H and O–H groups in total. The van der Waals surface area contributed by atoms with Crippen molar-refractivity contribution in [3.05, 3.63) is 34.4 Å². The molecular formula is C14H19ClN2. The summed E-state index contributed by atoms with van der Waals surface area (Å²) in [5.74, 6) is 0.579. The highest BCUT2D eigenvalue weighted by molar-refractivity contribution is 6.34. The topological polar surface area (TPSA) is 24.4 Å². The normalized spacial score (nSPS) is 27.2. The second kappa shape index (κ2) is 5.65. The molecule has 2 rings (SSSR count). The molecule has 0 aromatic carbocycles. The molecule has 2 aliphatic rings. The van der Waals surface area contributed by atoms with Crippen LogP contribution in [0.3, 0.4) is 0 Å². The molecular weight excluding hydrogens is 232 g/mol. The van der Waals surface area contributed by atoms with E-state index in [0.29, 0.717) is 5.92 Å². The van der Waals surface area contributed by atoms with Gasteiger partial charge in [-0.05, 0) is 62.1 Å². The number of piperidine rings is 1. The first-order valence-corrected chi connectivity index (χ1v) is 6.57. The van der Waals surface area contributed by atoms with Crippen molar-refractivity contribution in [2.45, 2.75) is 19.8 Å². The average molecular weight is 251 g/mol. The van der Waals surface area contributed by atoms with Crippen LogP contribution in [0.1, 0.15) is 19.8 Å². The van der Waals surface area contributed by atoms with Crippen LogP contribution in [-0.4, -0.2) is 25.8 Å². The molecule has 1 saturated heterocycles. The van der Waals surface area contributed by atoms with Crippen molar-refractivity contribution in [1.29, 1.82) is 0 Å². The van der Waals surface area contributed by atoms with Crippen LogP contribution < -0.4 is 5.32 Å². The summed E-state index contributed by atoms with van der Waals surface area (Å²) in [6.45, 7) is 4.19. The molecule has 92 valence electrons. The van der Waals surface area contributed by atoms with E-state index in [2.05, 4.69) is 22.5 Å². The van der Waals surface area contributed by atoms with Gasteiger partial charge in [0, 0.05) is 12.1 Å². The van der Waals surface area contributed by atoms with Crippen LogP contribution in [0.15, 0.2) is 39.4 Å². The van der Waals surface area contributed by atoms with E-state index in [9.17, 15) is 0 Å². The van der Waals surface area contributed by atoms with Crippen molar-refractivity contribution < 1.29 is 0 Å². The van der Waals surface area contributed by atoms with Gasteiger partial charge in [-0.25, -0.2) is 0 Å². The van der Waals surface area contributed by atoms with Crippen LogP contribution in [0.4, 0.5) is 0 Å². The quantitative estimate of drug-likeness (QED) is 0.760. The molecule has 1 aliphatic heterocycles. The van der Waals surface area contributed by atoms with Crippen LogP contribution in [0.25, 0.3) is 0 Å². The maximum absolute atomic E-state index is 6.39. The summed E-state index contributed by atoms with van der Waals surface area (Å²) >= 11 is 6.39. The van der Waals surface area contributed by atoms with E-state index in [1.54, 1.807) is 0 Å². The van der Waals surface area contributed by atoms with Crippen molar-refractivity contribution in [3.8, 4) is 0 Å². The van der Waals surface area contributed by atoms with Gasteiger partial charge in [0.25, 0.3) is 0 Å². The van der Waals surface area contributed by atoms with Gasteiger partial charge >= 0.3 is 0 Å². The number of halogens is 1. The van der Waals surface area contributed by atoms with Crippen LogP contribution in [0, 0.1) is 5.92 Å². The van der Waals surface area contributed by atoms with Crippen molar-refractivity contribution in [3.63, 3.8) is 0 Å². The Bertz CT molecular complexity index is 410. The molecule has 0 unspecified atom stereocenters. The van der Waals surface area contributed by atoms with E-state index in [-0.39, 0.29) is 0 Å². The lowest BCUT2D eigenvalue weighted by Gasteiger charge is -2.27. The second-order valence-corrected chi connectivity index (χ2v) is 4.88. The third-order valence-electron chi connectivity index (χ3n) is 3.48. The van der Waals surface area contributed by atoms with Gasteiger partial charge in [0.15, 0.2) is 0 Å². The van der Waals surface area contributed by atoms with Crippen LogP contribution in [0.5, 0.6) is 0 Å². The van der Waals surface area contributed by atoms with E-state index in [1.807, 2.05) is 20.0 Å². The van der Waals surface area contributed by atoms with E-state index < -0.39 is 0 Å². The summed E-state index contributed by atoms with van der Waals surface area (Å²) in [4.78, 5) is 4.33. The largest absolute Gasteiger partial charge is 0.317 e. The molecule has 0 saturated carbocycles. The lowest BCUT2D eigenvalue weighted by Crippen LogP contribution is -2.29. The van der Waals surface area contributed by atoms with E-state index in [0.717, 1.165) is 42.2 Å². The molecule has 0 atom stereocenters. The second-order valence-electron chi connectivity index (χ2n) is 4.47. The highest BCUT2D eigenvalue weighted by Crippen LogP contribution is 2.33. The van der Waals surface area contributed by atoms with Crippen LogP contribution in [0.2, 0.25) is 0 Å². The van der Waals surface area contributed by atoms with Gasteiger partial charge in [-0.3, -0.25) is 4.99 Å². The predicted molar refractivity (Wildman–Crippen MR) is 74.7 cm³/mol. The lowest BCUT2D eigenvalue weighted by molar-refractivity contribution is 0.424. The number of nitrogens with one attached hydrogen (secondary N) is 1. The minimum atomic E-state index is 0.579. The minimum Gasteiger partial charge on any atom is -0.317 e. The predicted octanol–water partition coefficient (Wildman–Crippen LogP) is 3.07. The van der Waals surface area contributed by atoms with Gasteiger partial charge in [-0.1, -0.05) is 17.7 Å². The number of rotatable bonds is 1. The number of allylic oxidation sites excluding steroid dienone is 6. The van der Waals surface area contributed by atoms with Gasteiger partial charge in [-0.2, -0.15) is 0 Å². The zero-order valence-corrected chi connectivity index (χ0v) is 11.2. The maximum Gasteiger partial charge on any atom is 0.0643 e. The van der Waals surface area contributed by atoms with E-state index in [4.69, 9.17) is 11.6 Å². The molecule has 0 aromatic rings. The minimum absolute atomic E-state index is 0.579. The monoisotopic (exact) mass is 250 g/mol. The van der Waals surface area contributed by atoms with Gasteiger partial charge in [0.05, 0.1) is 5.71 Å². The third kappa shape index (κ3) is 2.70. The first-order chi connectivity index (χ1) is 8.26. The standard InChI is InChI=1S/C14H19ClN2/c1-3-10-8-13(15)12(9-14(10)16-2)11-4-6-17-7-5-11/h3,8-9,11,17H,4-7H2,1-2H3/b10-3-,16-14?. The Morgan fingerprint density at radius 3 is 2.65 bits per heavy atom. The Labute approximate surface area is 108 Å².